The summed E-state index contributed by atoms with van der Waals surface area (Å²) in [6.45, 7) is 6.26. The van der Waals surface area contributed by atoms with Crippen molar-refractivity contribution in [2.45, 2.75) is 36.6 Å². The van der Waals surface area contributed by atoms with Gasteiger partial charge in [0.2, 0.25) is 0 Å². The standard InChI is InChI=1S/C18H23BrN2O2S2/c1-14-12-20(25(22,23)18-9-8-17(19)24-18)13-15(2)21(14)11-10-16-6-4-3-5-7-16/h3-9,14-15H,10-13H2,1-2H3. The van der Waals surface area contributed by atoms with Crippen molar-refractivity contribution in [3.63, 3.8) is 0 Å². The fourth-order valence-electron chi connectivity index (χ4n) is 3.41. The molecule has 2 heterocycles. The number of rotatable bonds is 5. The Kier molecular flexibility index (Phi) is 6.00. The summed E-state index contributed by atoms with van der Waals surface area (Å²) in [5.41, 5.74) is 1.32. The van der Waals surface area contributed by atoms with Gasteiger partial charge in [-0.1, -0.05) is 30.3 Å². The topological polar surface area (TPSA) is 40.6 Å². The summed E-state index contributed by atoms with van der Waals surface area (Å²) in [5.74, 6) is 0. The van der Waals surface area contributed by atoms with Gasteiger partial charge >= 0.3 is 0 Å². The minimum atomic E-state index is -3.40. The van der Waals surface area contributed by atoms with Gasteiger partial charge in [0.25, 0.3) is 10.0 Å². The van der Waals surface area contributed by atoms with Crippen LogP contribution in [0.25, 0.3) is 0 Å². The van der Waals surface area contributed by atoms with Gasteiger partial charge < -0.3 is 0 Å². The van der Waals surface area contributed by atoms with Crippen LogP contribution in [0.5, 0.6) is 0 Å². The predicted molar refractivity (Wildman–Crippen MR) is 107 cm³/mol. The molecule has 2 unspecified atom stereocenters. The van der Waals surface area contributed by atoms with Crippen molar-refractivity contribution >= 4 is 37.3 Å². The highest BCUT2D eigenvalue weighted by atomic mass is 79.9. The normalized spacial score (nSPS) is 23.0. The van der Waals surface area contributed by atoms with E-state index in [1.165, 1.54) is 16.9 Å². The van der Waals surface area contributed by atoms with E-state index in [0.29, 0.717) is 17.3 Å². The molecular weight excluding hydrogens is 420 g/mol. The maximum absolute atomic E-state index is 12.9. The third-order valence-corrected chi connectivity index (χ3v) is 8.63. The van der Waals surface area contributed by atoms with Crippen molar-refractivity contribution in [1.82, 2.24) is 9.21 Å². The van der Waals surface area contributed by atoms with Crippen LogP contribution in [0.2, 0.25) is 0 Å². The Morgan fingerprint density at radius 2 is 1.72 bits per heavy atom. The minimum Gasteiger partial charge on any atom is -0.295 e. The van der Waals surface area contributed by atoms with Crippen molar-refractivity contribution in [2.24, 2.45) is 0 Å². The van der Waals surface area contributed by atoms with Gasteiger partial charge in [-0.15, -0.1) is 11.3 Å². The first-order chi connectivity index (χ1) is 11.9. The lowest BCUT2D eigenvalue weighted by atomic mass is 10.1. The van der Waals surface area contributed by atoms with Crippen LogP contribution >= 0.6 is 27.3 Å². The molecule has 4 nitrogen and oxygen atoms in total. The molecule has 1 aliphatic rings. The molecule has 0 aliphatic carbocycles. The second kappa shape index (κ2) is 7.88. The van der Waals surface area contributed by atoms with Crippen molar-refractivity contribution in [1.29, 1.82) is 0 Å². The maximum atomic E-state index is 12.9. The van der Waals surface area contributed by atoms with Gasteiger partial charge in [0.1, 0.15) is 4.21 Å². The molecule has 2 atom stereocenters. The monoisotopic (exact) mass is 442 g/mol. The number of thiophene rings is 1. The zero-order chi connectivity index (χ0) is 18.0. The van der Waals surface area contributed by atoms with E-state index in [1.54, 1.807) is 16.4 Å². The maximum Gasteiger partial charge on any atom is 0.252 e. The zero-order valence-corrected chi connectivity index (χ0v) is 17.6. The lowest BCUT2D eigenvalue weighted by molar-refractivity contribution is 0.0785. The summed E-state index contributed by atoms with van der Waals surface area (Å²) < 4.78 is 28.6. The number of benzene rings is 1. The van der Waals surface area contributed by atoms with E-state index in [4.69, 9.17) is 0 Å². The summed E-state index contributed by atoms with van der Waals surface area (Å²) in [6, 6.07) is 14.3. The number of sulfonamides is 1. The molecular formula is C18H23BrN2O2S2. The number of hydrogen-bond acceptors (Lipinski definition) is 4. The predicted octanol–water partition coefficient (Wildman–Crippen LogP) is 3.84. The average molecular weight is 443 g/mol. The Hall–Kier alpha value is -0.730. The van der Waals surface area contributed by atoms with Gasteiger partial charge in [0.15, 0.2) is 0 Å². The third-order valence-electron chi connectivity index (χ3n) is 4.71. The molecule has 1 saturated heterocycles. The summed E-state index contributed by atoms with van der Waals surface area (Å²) in [6.07, 6.45) is 0.986. The third kappa shape index (κ3) is 4.34. The summed E-state index contributed by atoms with van der Waals surface area (Å²) >= 11 is 4.62. The molecule has 2 aromatic rings. The Balaban J connectivity index is 1.67. The first-order valence-electron chi connectivity index (χ1n) is 8.43. The summed E-state index contributed by atoms with van der Waals surface area (Å²) in [4.78, 5) is 2.42. The van der Waals surface area contributed by atoms with Gasteiger partial charge in [0, 0.05) is 31.7 Å². The quantitative estimate of drug-likeness (QED) is 0.705. The van der Waals surface area contributed by atoms with Crippen molar-refractivity contribution in [3.05, 3.63) is 51.8 Å². The molecule has 25 heavy (non-hydrogen) atoms. The fraction of sp³-hybridized carbons (Fsp3) is 0.444. The molecule has 1 aromatic carbocycles. The highest BCUT2D eigenvalue weighted by Crippen LogP contribution is 2.30. The van der Waals surface area contributed by atoms with Crippen LogP contribution in [0.15, 0.2) is 50.5 Å². The number of nitrogens with zero attached hydrogens (tertiary/aromatic N) is 2. The van der Waals surface area contributed by atoms with E-state index in [0.717, 1.165) is 16.8 Å². The lowest BCUT2D eigenvalue weighted by Crippen LogP contribution is -2.58. The number of hydrogen-bond donors (Lipinski definition) is 0. The molecule has 0 saturated carbocycles. The van der Waals surface area contributed by atoms with Crippen molar-refractivity contribution in [2.75, 3.05) is 19.6 Å². The van der Waals surface area contributed by atoms with E-state index in [-0.39, 0.29) is 12.1 Å². The molecule has 7 heteroatoms. The molecule has 3 rings (SSSR count). The summed E-state index contributed by atoms with van der Waals surface area (Å²) in [7, 11) is -3.40. The second-order valence-corrected chi connectivity index (χ2v) is 11.2. The minimum absolute atomic E-state index is 0.200. The van der Waals surface area contributed by atoms with Crippen LogP contribution in [-0.4, -0.2) is 49.3 Å². The number of halogens is 1. The molecule has 0 radical (unpaired) electrons. The van der Waals surface area contributed by atoms with Crippen molar-refractivity contribution < 1.29 is 8.42 Å². The van der Waals surface area contributed by atoms with Gasteiger partial charge in [-0.2, -0.15) is 4.31 Å². The highest BCUT2D eigenvalue weighted by molar-refractivity contribution is 9.11. The van der Waals surface area contributed by atoms with Crippen LogP contribution in [0.3, 0.4) is 0 Å². The van der Waals surface area contributed by atoms with Crippen LogP contribution in [0, 0.1) is 0 Å². The second-order valence-electron chi connectivity index (χ2n) is 6.55. The van der Waals surface area contributed by atoms with Gasteiger partial charge in [-0.05, 0) is 53.9 Å². The van der Waals surface area contributed by atoms with Crippen LogP contribution in [0.4, 0.5) is 0 Å². The van der Waals surface area contributed by atoms with E-state index in [1.807, 2.05) is 6.07 Å². The molecule has 0 amide bonds. The van der Waals surface area contributed by atoms with E-state index < -0.39 is 10.0 Å². The smallest absolute Gasteiger partial charge is 0.252 e. The Labute approximate surface area is 162 Å². The first-order valence-corrected chi connectivity index (χ1v) is 11.5. The lowest BCUT2D eigenvalue weighted by Gasteiger charge is -2.43. The number of piperazine rings is 1. The average Bonchev–Trinajstić information content (AvgIpc) is 3.02. The molecule has 1 aliphatic heterocycles. The largest absolute Gasteiger partial charge is 0.295 e. The molecule has 136 valence electrons. The van der Waals surface area contributed by atoms with Crippen LogP contribution in [0.1, 0.15) is 19.4 Å². The Bertz CT molecular complexity index is 795. The van der Waals surface area contributed by atoms with Crippen LogP contribution < -0.4 is 0 Å². The molecule has 1 fully saturated rings. The molecule has 0 spiro atoms. The van der Waals surface area contributed by atoms with E-state index in [2.05, 4.69) is 58.9 Å². The van der Waals surface area contributed by atoms with Gasteiger partial charge in [0.05, 0.1) is 3.79 Å². The van der Waals surface area contributed by atoms with E-state index in [9.17, 15) is 8.42 Å². The summed E-state index contributed by atoms with van der Waals surface area (Å²) in [5, 5.41) is 0. The van der Waals surface area contributed by atoms with Crippen molar-refractivity contribution in [3.8, 4) is 0 Å². The Morgan fingerprint density at radius 1 is 1.08 bits per heavy atom. The highest BCUT2D eigenvalue weighted by Gasteiger charge is 2.36. The SMILES string of the molecule is CC1CN(S(=O)(=O)c2ccc(Br)s2)CC(C)N1CCc1ccccc1. The molecule has 1 aromatic heterocycles. The Morgan fingerprint density at radius 3 is 2.28 bits per heavy atom. The molecule has 0 N–H and O–H groups in total. The first kappa shape index (κ1) is 19.0. The van der Waals surface area contributed by atoms with E-state index >= 15 is 0 Å². The zero-order valence-electron chi connectivity index (χ0n) is 14.4. The van der Waals surface area contributed by atoms with Gasteiger partial charge in [-0.25, -0.2) is 8.42 Å². The van der Waals surface area contributed by atoms with Gasteiger partial charge in [-0.3, -0.25) is 4.90 Å². The van der Waals surface area contributed by atoms with Crippen LogP contribution in [-0.2, 0) is 16.4 Å². The molecule has 0 bridgehead atoms. The fourth-order valence-corrected chi connectivity index (χ4v) is 7.18.